The van der Waals surface area contributed by atoms with Gasteiger partial charge in [-0.3, -0.25) is 4.98 Å². The van der Waals surface area contributed by atoms with Gasteiger partial charge < -0.3 is 10.1 Å². The van der Waals surface area contributed by atoms with Gasteiger partial charge in [-0.25, -0.2) is 0 Å². The summed E-state index contributed by atoms with van der Waals surface area (Å²) in [5.74, 6) is 0. The zero-order valence-corrected chi connectivity index (χ0v) is 10.4. The van der Waals surface area contributed by atoms with Crippen molar-refractivity contribution in [3.8, 4) is 0 Å². The second kappa shape index (κ2) is 6.23. The number of hydrogen-bond donors (Lipinski definition) is 1. The highest BCUT2D eigenvalue weighted by Crippen LogP contribution is 2.28. The zero-order valence-electron chi connectivity index (χ0n) is 9.56. The van der Waals surface area contributed by atoms with Crippen LogP contribution in [0.5, 0.6) is 0 Å². The van der Waals surface area contributed by atoms with E-state index in [4.69, 9.17) is 4.74 Å². The van der Waals surface area contributed by atoms with Crippen LogP contribution in [0.1, 0.15) is 13.3 Å². The molecule has 88 valence electrons. The number of thioether (sulfide) groups is 1. The van der Waals surface area contributed by atoms with Crippen LogP contribution in [-0.2, 0) is 4.74 Å². The molecule has 1 aromatic heterocycles. The summed E-state index contributed by atoms with van der Waals surface area (Å²) < 4.78 is 5.55. The molecule has 1 fully saturated rings. The molecule has 2 unspecified atom stereocenters. The number of nitrogens with zero attached hydrogens (tertiary/aromatic N) is 1. The molecule has 0 bridgehead atoms. The molecule has 0 radical (unpaired) electrons. The zero-order chi connectivity index (χ0) is 11.2. The summed E-state index contributed by atoms with van der Waals surface area (Å²) in [6.45, 7) is 4.90. The van der Waals surface area contributed by atoms with E-state index in [1.54, 1.807) is 0 Å². The van der Waals surface area contributed by atoms with Crippen LogP contribution in [0.3, 0.4) is 0 Å². The molecule has 0 saturated carbocycles. The highest BCUT2D eigenvalue weighted by Gasteiger charge is 2.25. The van der Waals surface area contributed by atoms with E-state index >= 15 is 0 Å². The predicted octanol–water partition coefficient (Wildman–Crippen LogP) is 1.94. The third kappa shape index (κ3) is 3.20. The Morgan fingerprint density at radius 2 is 2.31 bits per heavy atom. The molecule has 2 rings (SSSR count). The van der Waals surface area contributed by atoms with Gasteiger partial charge in [0.2, 0.25) is 0 Å². The van der Waals surface area contributed by atoms with E-state index in [1.807, 2.05) is 24.2 Å². The van der Waals surface area contributed by atoms with Crippen LogP contribution >= 0.6 is 11.8 Å². The van der Waals surface area contributed by atoms with Crippen LogP contribution in [-0.4, -0.2) is 36.0 Å². The first kappa shape index (κ1) is 11.9. The fraction of sp³-hybridized carbons (Fsp3) is 0.583. The number of rotatable bonds is 4. The minimum Gasteiger partial charge on any atom is -0.380 e. The first-order chi connectivity index (χ1) is 7.90. The Kier molecular flexibility index (Phi) is 4.63. The average molecular weight is 238 g/mol. The highest BCUT2D eigenvalue weighted by atomic mass is 32.2. The molecule has 1 N–H and O–H groups in total. The van der Waals surface area contributed by atoms with Gasteiger partial charge in [-0.15, -0.1) is 11.8 Å². The Morgan fingerprint density at radius 1 is 1.50 bits per heavy atom. The number of nitrogens with one attached hydrogen (secondary N) is 1. The molecule has 0 spiro atoms. The lowest BCUT2D eigenvalue weighted by molar-refractivity contribution is 0.0837. The third-order valence-electron chi connectivity index (χ3n) is 2.71. The molecule has 1 saturated heterocycles. The number of pyridine rings is 1. The molecule has 16 heavy (non-hydrogen) atoms. The monoisotopic (exact) mass is 238 g/mol. The smallest absolute Gasteiger partial charge is 0.0603 e. The molecule has 0 amide bonds. The topological polar surface area (TPSA) is 34.1 Å². The molecule has 0 aromatic carbocycles. The standard InChI is InChI=1S/C12H18N2OS/c1-2-14-11-5-8-15-9-12(11)16-10-3-6-13-7-4-10/h3-4,6-7,11-12,14H,2,5,8-9H2,1H3. The molecule has 1 aliphatic heterocycles. The SMILES string of the molecule is CCNC1CCOCC1Sc1ccncc1. The van der Waals surface area contributed by atoms with Crippen LogP contribution in [0.4, 0.5) is 0 Å². The summed E-state index contributed by atoms with van der Waals surface area (Å²) >= 11 is 1.89. The fourth-order valence-corrected chi connectivity index (χ4v) is 3.10. The minimum atomic E-state index is 0.510. The molecule has 3 nitrogen and oxygen atoms in total. The Morgan fingerprint density at radius 3 is 3.06 bits per heavy atom. The lowest BCUT2D eigenvalue weighted by Crippen LogP contribution is -2.44. The van der Waals surface area contributed by atoms with Gasteiger partial charge in [-0.1, -0.05) is 6.92 Å². The summed E-state index contributed by atoms with van der Waals surface area (Å²) in [5.41, 5.74) is 0. The van der Waals surface area contributed by atoms with Crippen LogP contribution in [0.15, 0.2) is 29.4 Å². The predicted molar refractivity (Wildman–Crippen MR) is 66.8 cm³/mol. The second-order valence-corrected chi connectivity index (χ2v) is 5.18. The van der Waals surface area contributed by atoms with Gasteiger partial charge in [0.15, 0.2) is 0 Å². The molecule has 1 aromatic rings. The number of ether oxygens (including phenoxy) is 1. The van der Waals surface area contributed by atoms with E-state index < -0.39 is 0 Å². The first-order valence-electron chi connectivity index (χ1n) is 5.78. The van der Waals surface area contributed by atoms with Crippen LogP contribution in [0.25, 0.3) is 0 Å². The lowest BCUT2D eigenvalue weighted by atomic mass is 10.1. The van der Waals surface area contributed by atoms with Crippen molar-refractivity contribution in [2.75, 3.05) is 19.8 Å². The van der Waals surface area contributed by atoms with Crippen LogP contribution in [0, 0.1) is 0 Å². The summed E-state index contributed by atoms with van der Waals surface area (Å²) in [4.78, 5) is 5.31. The summed E-state index contributed by atoms with van der Waals surface area (Å²) in [5, 5.41) is 4.05. The lowest BCUT2D eigenvalue weighted by Gasteiger charge is -2.31. The van der Waals surface area contributed by atoms with E-state index in [0.29, 0.717) is 11.3 Å². The molecular weight excluding hydrogens is 220 g/mol. The Hall–Kier alpha value is -0.580. The number of hydrogen-bond acceptors (Lipinski definition) is 4. The Labute approximate surface area is 101 Å². The summed E-state index contributed by atoms with van der Waals surface area (Å²) in [7, 11) is 0. The van der Waals surface area contributed by atoms with Crippen molar-refractivity contribution in [1.82, 2.24) is 10.3 Å². The van der Waals surface area contributed by atoms with E-state index in [0.717, 1.165) is 26.2 Å². The van der Waals surface area contributed by atoms with Crippen molar-refractivity contribution in [1.29, 1.82) is 0 Å². The van der Waals surface area contributed by atoms with Crippen molar-refractivity contribution in [3.05, 3.63) is 24.5 Å². The van der Waals surface area contributed by atoms with E-state index in [-0.39, 0.29) is 0 Å². The van der Waals surface area contributed by atoms with Gasteiger partial charge in [0.25, 0.3) is 0 Å². The fourth-order valence-electron chi connectivity index (χ4n) is 1.92. The third-order valence-corrected chi connectivity index (χ3v) is 4.02. The van der Waals surface area contributed by atoms with Crippen LogP contribution < -0.4 is 5.32 Å². The van der Waals surface area contributed by atoms with Crippen molar-refractivity contribution in [2.24, 2.45) is 0 Å². The number of aromatic nitrogens is 1. The van der Waals surface area contributed by atoms with E-state index in [1.165, 1.54) is 4.90 Å². The van der Waals surface area contributed by atoms with Crippen LogP contribution in [0.2, 0.25) is 0 Å². The van der Waals surface area contributed by atoms with Crippen molar-refractivity contribution in [3.63, 3.8) is 0 Å². The molecule has 4 heteroatoms. The quantitative estimate of drug-likeness (QED) is 0.869. The van der Waals surface area contributed by atoms with Gasteiger partial charge >= 0.3 is 0 Å². The minimum absolute atomic E-state index is 0.510. The van der Waals surface area contributed by atoms with Crippen molar-refractivity contribution in [2.45, 2.75) is 29.5 Å². The molecule has 1 aliphatic rings. The largest absolute Gasteiger partial charge is 0.380 e. The molecule has 0 aliphatic carbocycles. The maximum Gasteiger partial charge on any atom is 0.0603 e. The summed E-state index contributed by atoms with van der Waals surface area (Å²) in [6, 6.07) is 4.68. The first-order valence-corrected chi connectivity index (χ1v) is 6.66. The van der Waals surface area contributed by atoms with Crippen molar-refractivity contribution >= 4 is 11.8 Å². The van der Waals surface area contributed by atoms with Gasteiger partial charge in [0.05, 0.1) is 6.61 Å². The van der Waals surface area contributed by atoms with Gasteiger partial charge in [0.1, 0.15) is 0 Å². The van der Waals surface area contributed by atoms with Gasteiger partial charge in [-0.2, -0.15) is 0 Å². The Bertz CT molecular complexity index is 305. The second-order valence-electron chi connectivity index (χ2n) is 3.87. The highest BCUT2D eigenvalue weighted by molar-refractivity contribution is 8.00. The molecule has 2 heterocycles. The Balaban J connectivity index is 1.96. The molecule has 2 atom stereocenters. The average Bonchev–Trinajstić information content (AvgIpc) is 2.33. The maximum absolute atomic E-state index is 5.55. The van der Waals surface area contributed by atoms with Crippen molar-refractivity contribution < 1.29 is 4.74 Å². The maximum atomic E-state index is 5.55. The normalized spacial score (nSPS) is 25.6. The van der Waals surface area contributed by atoms with Gasteiger partial charge in [0, 0.05) is 35.2 Å². The van der Waals surface area contributed by atoms with E-state index in [2.05, 4.69) is 29.4 Å². The molecular formula is C12H18N2OS. The van der Waals surface area contributed by atoms with E-state index in [9.17, 15) is 0 Å². The summed E-state index contributed by atoms with van der Waals surface area (Å²) in [6.07, 6.45) is 4.79. The van der Waals surface area contributed by atoms with Gasteiger partial charge in [-0.05, 0) is 25.1 Å².